The van der Waals surface area contributed by atoms with E-state index in [9.17, 15) is 0 Å². The van der Waals surface area contributed by atoms with E-state index in [4.69, 9.17) is 9.47 Å². The molecule has 3 heteroatoms. The van der Waals surface area contributed by atoms with Gasteiger partial charge >= 0.3 is 0 Å². The first-order valence-corrected chi connectivity index (χ1v) is 10.6. The molecule has 0 aromatic rings. The maximum absolute atomic E-state index is 5.70. The summed E-state index contributed by atoms with van der Waals surface area (Å²) in [6.45, 7) is 13.2. The standard InChI is InChI=1S/C16H30O2Si/c1-16(2,3)19(4,5)14-10-6-8-12-17-15-11-7-9-13-18-15/h15H,6-9,11-13H2,1-5H3/t15-/m1/s1. The van der Waals surface area contributed by atoms with Crippen LogP contribution in [0.25, 0.3) is 0 Å². The van der Waals surface area contributed by atoms with Gasteiger partial charge in [0.15, 0.2) is 6.29 Å². The summed E-state index contributed by atoms with van der Waals surface area (Å²) in [6.07, 6.45) is 5.46. The summed E-state index contributed by atoms with van der Waals surface area (Å²) in [5.74, 6) is 3.36. The van der Waals surface area contributed by atoms with Gasteiger partial charge in [0.2, 0.25) is 0 Å². The first-order chi connectivity index (χ1) is 8.83. The van der Waals surface area contributed by atoms with E-state index in [0.717, 1.165) is 32.5 Å². The van der Waals surface area contributed by atoms with E-state index in [-0.39, 0.29) is 6.29 Å². The lowest BCUT2D eigenvalue weighted by Crippen LogP contribution is -2.35. The molecule has 0 unspecified atom stereocenters. The SMILES string of the molecule is CC(C)(C)[Si](C)(C)C#CCCCO[C@H]1CCCCO1. The third-order valence-corrected chi connectivity index (χ3v) is 8.72. The maximum atomic E-state index is 5.70. The molecule has 1 aliphatic rings. The van der Waals surface area contributed by atoms with Crippen molar-refractivity contribution in [3.05, 3.63) is 0 Å². The number of hydrogen-bond donors (Lipinski definition) is 0. The molecule has 1 rings (SSSR count). The van der Waals surface area contributed by atoms with E-state index < -0.39 is 8.07 Å². The third kappa shape index (κ3) is 6.12. The van der Waals surface area contributed by atoms with Crippen molar-refractivity contribution >= 4 is 8.07 Å². The van der Waals surface area contributed by atoms with Crippen molar-refractivity contribution in [1.29, 1.82) is 0 Å². The highest BCUT2D eigenvalue weighted by Gasteiger charge is 2.33. The molecule has 1 saturated heterocycles. The van der Waals surface area contributed by atoms with Crippen LogP contribution in [0.1, 0.15) is 52.9 Å². The molecule has 0 amide bonds. The average molecular weight is 282 g/mol. The molecule has 2 nitrogen and oxygen atoms in total. The van der Waals surface area contributed by atoms with Gasteiger partial charge in [0, 0.05) is 13.0 Å². The maximum Gasteiger partial charge on any atom is 0.157 e. The minimum Gasteiger partial charge on any atom is -0.353 e. The Bertz CT molecular complexity index is 314. The lowest BCUT2D eigenvalue weighted by molar-refractivity contribution is -0.162. The van der Waals surface area contributed by atoms with Crippen molar-refractivity contribution in [2.24, 2.45) is 0 Å². The molecule has 1 heterocycles. The fraction of sp³-hybridized carbons (Fsp3) is 0.875. The lowest BCUT2D eigenvalue weighted by Gasteiger charge is -2.31. The van der Waals surface area contributed by atoms with Crippen molar-refractivity contribution in [3.8, 4) is 11.5 Å². The molecule has 110 valence electrons. The Labute approximate surface area is 120 Å². The molecule has 19 heavy (non-hydrogen) atoms. The summed E-state index contributed by atoms with van der Waals surface area (Å²) in [7, 11) is -1.42. The van der Waals surface area contributed by atoms with E-state index in [0.29, 0.717) is 5.04 Å². The zero-order chi connectivity index (χ0) is 14.4. The molecular formula is C16H30O2Si. The second-order valence-corrected chi connectivity index (χ2v) is 11.9. The van der Waals surface area contributed by atoms with Crippen LogP contribution in [0, 0.1) is 11.5 Å². The zero-order valence-corrected chi connectivity index (χ0v) is 14.3. The van der Waals surface area contributed by atoms with Gasteiger partial charge in [-0.25, -0.2) is 0 Å². The summed E-state index contributed by atoms with van der Waals surface area (Å²) in [4.78, 5) is 0. The Morgan fingerprint density at radius 2 is 2.00 bits per heavy atom. The van der Waals surface area contributed by atoms with Gasteiger partial charge in [-0.05, 0) is 30.7 Å². The van der Waals surface area contributed by atoms with E-state index in [2.05, 4.69) is 45.3 Å². The number of unbranched alkanes of at least 4 members (excludes halogenated alkanes) is 1. The number of rotatable bonds is 4. The summed E-state index contributed by atoms with van der Waals surface area (Å²) in [5, 5.41) is 0.354. The van der Waals surface area contributed by atoms with Gasteiger partial charge in [0.05, 0.1) is 6.61 Å². The molecule has 0 radical (unpaired) electrons. The Hall–Kier alpha value is -0.303. The van der Waals surface area contributed by atoms with Crippen LogP contribution < -0.4 is 0 Å². The van der Waals surface area contributed by atoms with Gasteiger partial charge < -0.3 is 9.47 Å². The average Bonchev–Trinajstić information content (AvgIpc) is 2.33. The van der Waals surface area contributed by atoms with E-state index in [1.165, 1.54) is 12.8 Å². The minimum absolute atomic E-state index is 0.0436. The summed E-state index contributed by atoms with van der Waals surface area (Å²) in [6, 6.07) is 0. The fourth-order valence-electron chi connectivity index (χ4n) is 1.69. The highest BCUT2D eigenvalue weighted by Crippen LogP contribution is 2.35. The molecule has 0 aromatic carbocycles. The van der Waals surface area contributed by atoms with Crippen molar-refractivity contribution in [1.82, 2.24) is 0 Å². The molecule has 1 fully saturated rings. The molecule has 0 spiro atoms. The molecule has 0 bridgehead atoms. The van der Waals surface area contributed by atoms with Crippen LogP contribution in [0.15, 0.2) is 0 Å². The number of hydrogen-bond acceptors (Lipinski definition) is 2. The van der Waals surface area contributed by atoms with Crippen LogP contribution in [-0.2, 0) is 9.47 Å². The minimum atomic E-state index is -1.42. The second-order valence-electron chi connectivity index (χ2n) is 6.95. The third-order valence-electron chi connectivity index (χ3n) is 4.16. The fourth-order valence-corrected chi connectivity index (χ4v) is 2.63. The van der Waals surface area contributed by atoms with Crippen LogP contribution >= 0.6 is 0 Å². The Morgan fingerprint density at radius 3 is 2.58 bits per heavy atom. The molecule has 0 N–H and O–H groups in total. The Balaban J connectivity index is 2.17. The molecule has 0 saturated carbocycles. The van der Waals surface area contributed by atoms with E-state index in [1.54, 1.807) is 0 Å². The van der Waals surface area contributed by atoms with Crippen molar-refractivity contribution in [3.63, 3.8) is 0 Å². The molecule has 1 aliphatic heterocycles. The normalized spacial score (nSPS) is 20.8. The van der Waals surface area contributed by atoms with E-state index >= 15 is 0 Å². The highest BCUT2D eigenvalue weighted by atomic mass is 28.3. The predicted octanol–water partition coefficient (Wildman–Crippen LogP) is 4.36. The Kier molecular flexibility index (Phi) is 6.59. The van der Waals surface area contributed by atoms with Crippen LogP contribution in [0.3, 0.4) is 0 Å². The van der Waals surface area contributed by atoms with Gasteiger partial charge in [-0.15, -0.1) is 11.5 Å². The quantitative estimate of drug-likeness (QED) is 0.433. The summed E-state index contributed by atoms with van der Waals surface area (Å²) in [5.41, 5.74) is 3.54. The van der Waals surface area contributed by atoms with Crippen LogP contribution in [0.5, 0.6) is 0 Å². The molecule has 0 aromatic heterocycles. The monoisotopic (exact) mass is 282 g/mol. The smallest absolute Gasteiger partial charge is 0.157 e. The van der Waals surface area contributed by atoms with Crippen molar-refractivity contribution < 1.29 is 9.47 Å². The summed E-state index contributed by atoms with van der Waals surface area (Å²) < 4.78 is 11.2. The molecule has 1 atom stereocenters. The molecular weight excluding hydrogens is 252 g/mol. The number of ether oxygens (including phenoxy) is 2. The van der Waals surface area contributed by atoms with E-state index in [1.807, 2.05) is 0 Å². The van der Waals surface area contributed by atoms with Crippen LogP contribution in [0.2, 0.25) is 18.1 Å². The zero-order valence-electron chi connectivity index (χ0n) is 13.3. The van der Waals surface area contributed by atoms with Gasteiger partial charge in [-0.3, -0.25) is 0 Å². The van der Waals surface area contributed by atoms with Gasteiger partial charge in [0.1, 0.15) is 8.07 Å². The van der Waals surface area contributed by atoms with Crippen LogP contribution in [0.4, 0.5) is 0 Å². The highest BCUT2D eigenvalue weighted by molar-refractivity contribution is 6.87. The molecule has 0 aliphatic carbocycles. The topological polar surface area (TPSA) is 18.5 Å². The van der Waals surface area contributed by atoms with Crippen molar-refractivity contribution in [2.45, 2.75) is 77.3 Å². The van der Waals surface area contributed by atoms with Gasteiger partial charge in [-0.2, -0.15) is 0 Å². The summed E-state index contributed by atoms with van der Waals surface area (Å²) >= 11 is 0. The first-order valence-electron chi connectivity index (χ1n) is 7.56. The van der Waals surface area contributed by atoms with Crippen LogP contribution in [-0.4, -0.2) is 27.6 Å². The predicted molar refractivity (Wildman–Crippen MR) is 83.8 cm³/mol. The van der Waals surface area contributed by atoms with Crippen molar-refractivity contribution in [2.75, 3.05) is 13.2 Å². The van der Waals surface area contributed by atoms with Gasteiger partial charge in [-0.1, -0.05) is 33.9 Å². The Morgan fingerprint density at radius 1 is 1.26 bits per heavy atom. The largest absolute Gasteiger partial charge is 0.353 e. The first kappa shape index (κ1) is 16.8. The van der Waals surface area contributed by atoms with Gasteiger partial charge in [0.25, 0.3) is 0 Å². The lowest BCUT2D eigenvalue weighted by atomic mass is 10.2. The second kappa shape index (κ2) is 7.47.